The number of hydrogen-bond donors (Lipinski definition) is 1. The standard InChI is InChI=1S/C25H23N3O3S/c1-16(29)25(26,19-5-4-14-27-15-19)24-28-22(17-6-10-20(30-2)11-7-17)23(32-24)18-8-12-21(31-3)13-9-18/h4-15H,26H2,1-3H3. The van der Waals surface area contributed by atoms with E-state index in [4.69, 9.17) is 20.2 Å². The van der Waals surface area contributed by atoms with Crippen LogP contribution in [0, 0.1) is 0 Å². The van der Waals surface area contributed by atoms with Crippen molar-refractivity contribution >= 4 is 17.1 Å². The highest BCUT2D eigenvalue weighted by molar-refractivity contribution is 7.16. The minimum Gasteiger partial charge on any atom is -0.497 e. The number of ether oxygens (including phenoxy) is 2. The van der Waals surface area contributed by atoms with Gasteiger partial charge in [-0.1, -0.05) is 6.07 Å². The quantitative estimate of drug-likeness (QED) is 0.444. The molecule has 4 rings (SSSR count). The Morgan fingerprint density at radius 2 is 1.53 bits per heavy atom. The van der Waals surface area contributed by atoms with Crippen LogP contribution in [0.15, 0.2) is 73.1 Å². The second-order valence-electron chi connectivity index (χ2n) is 7.26. The number of hydrogen-bond acceptors (Lipinski definition) is 7. The summed E-state index contributed by atoms with van der Waals surface area (Å²) in [6.07, 6.45) is 3.26. The van der Waals surface area contributed by atoms with Crippen LogP contribution in [0.5, 0.6) is 11.5 Å². The lowest BCUT2D eigenvalue weighted by Crippen LogP contribution is -2.44. The lowest BCUT2D eigenvalue weighted by molar-refractivity contribution is -0.121. The van der Waals surface area contributed by atoms with Crippen LogP contribution in [0.2, 0.25) is 0 Å². The van der Waals surface area contributed by atoms with Gasteiger partial charge in [-0.2, -0.15) is 0 Å². The van der Waals surface area contributed by atoms with E-state index in [0.29, 0.717) is 10.6 Å². The van der Waals surface area contributed by atoms with E-state index in [-0.39, 0.29) is 5.78 Å². The van der Waals surface area contributed by atoms with E-state index in [1.165, 1.54) is 18.3 Å². The Hall–Kier alpha value is -3.55. The molecule has 1 atom stereocenters. The molecule has 0 saturated heterocycles. The Morgan fingerprint density at radius 1 is 0.938 bits per heavy atom. The van der Waals surface area contributed by atoms with Crippen molar-refractivity contribution in [3.05, 3.63) is 83.6 Å². The van der Waals surface area contributed by atoms with Crippen molar-refractivity contribution in [2.75, 3.05) is 14.2 Å². The second kappa shape index (κ2) is 8.90. The number of methoxy groups -OCH3 is 2. The molecule has 0 radical (unpaired) electrons. The Bertz CT molecular complexity index is 1160. The molecule has 162 valence electrons. The first kappa shape index (κ1) is 21.7. The molecule has 0 aliphatic carbocycles. The zero-order valence-electron chi connectivity index (χ0n) is 18.0. The Morgan fingerprint density at radius 3 is 2.03 bits per heavy atom. The molecule has 0 bridgehead atoms. The van der Waals surface area contributed by atoms with E-state index < -0.39 is 5.54 Å². The average molecular weight is 446 g/mol. The molecule has 0 saturated carbocycles. The van der Waals surface area contributed by atoms with Crippen molar-refractivity contribution in [1.82, 2.24) is 9.97 Å². The number of rotatable bonds is 7. The zero-order valence-corrected chi connectivity index (χ0v) is 18.8. The normalized spacial score (nSPS) is 12.8. The van der Waals surface area contributed by atoms with Crippen LogP contribution in [0.4, 0.5) is 0 Å². The third-order valence-corrected chi connectivity index (χ3v) is 6.59. The predicted molar refractivity (Wildman–Crippen MR) is 126 cm³/mol. The van der Waals surface area contributed by atoms with Gasteiger partial charge < -0.3 is 15.2 Å². The Balaban J connectivity index is 1.92. The summed E-state index contributed by atoms with van der Waals surface area (Å²) in [5.74, 6) is 1.31. The SMILES string of the molecule is COc1ccc(-c2nc(C(N)(C(C)=O)c3cccnc3)sc2-c2ccc(OC)cc2)cc1. The first-order valence-corrected chi connectivity index (χ1v) is 10.8. The van der Waals surface area contributed by atoms with Crippen LogP contribution < -0.4 is 15.2 Å². The fraction of sp³-hybridized carbons (Fsp3) is 0.160. The molecule has 7 heteroatoms. The summed E-state index contributed by atoms with van der Waals surface area (Å²) < 4.78 is 10.6. The highest BCUT2D eigenvalue weighted by atomic mass is 32.1. The molecular weight excluding hydrogens is 422 g/mol. The van der Waals surface area contributed by atoms with Gasteiger partial charge in [-0.3, -0.25) is 9.78 Å². The fourth-order valence-corrected chi connectivity index (χ4v) is 4.71. The molecule has 32 heavy (non-hydrogen) atoms. The van der Waals surface area contributed by atoms with E-state index >= 15 is 0 Å². The summed E-state index contributed by atoms with van der Waals surface area (Å²) in [6.45, 7) is 1.48. The lowest BCUT2D eigenvalue weighted by atomic mass is 9.89. The van der Waals surface area contributed by atoms with Gasteiger partial charge in [-0.15, -0.1) is 11.3 Å². The maximum atomic E-state index is 12.8. The van der Waals surface area contributed by atoms with Crippen molar-refractivity contribution in [2.24, 2.45) is 5.73 Å². The summed E-state index contributed by atoms with van der Waals surface area (Å²) in [5, 5.41) is 0.509. The molecule has 2 heterocycles. The zero-order chi connectivity index (χ0) is 22.7. The van der Waals surface area contributed by atoms with Crippen LogP contribution in [-0.4, -0.2) is 30.0 Å². The number of ketones is 1. The van der Waals surface area contributed by atoms with E-state index in [0.717, 1.165) is 33.2 Å². The Kier molecular flexibility index (Phi) is 6.03. The molecule has 6 nitrogen and oxygen atoms in total. The smallest absolute Gasteiger partial charge is 0.161 e. The molecule has 2 N–H and O–H groups in total. The number of aromatic nitrogens is 2. The van der Waals surface area contributed by atoms with Gasteiger partial charge in [-0.25, -0.2) is 4.98 Å². The third-order valence-electron chi connectivity index (χ3n) is 5.35. The highest BCUT2D eigenvalue weighted by Gasteiger charge is 2.39. The summed E-state index contributed by atoms with van der Waals surface area (Å²) in [7, 11) is 3.26. The van der Waals surface area contributed by atoms with Gasteiger partial charge in [-0.05, 0) is 67.1 Å². The first-order chi connectivity index (χ1) is 15.5. The molecule has 0 aliphatic rings. The number of Topliss-reactive ketones (excluding diaryl/α,β-unsaturated/α-hetero) is 1. The molecule has 0 spiro atoms. The number of thiazole rings is 1. The summed E-state index contributed by atoms with van der Waals surface area (Å²) >= 11 is 1.40. The van der Waals surface area contributed by atoms with Crippen molar-refractivity contribution in [1.29, 1.82) is 0 Å². The van der Waals surface area contributed by atoms with E-state index in [9.17, 15) is 4.79 Å². The van der Waals surface area contributed by atoms with Gasteiger partial charge in [0.05, 0.1) is 24.8 Å². The number of nitrogens with two attached hydrogens (primary N) is 1. The number of pyridine rings is 1. The number of nitrogens with zero attached hydrogens (tertiary/aromatic N) is 2. The molecule has 2 aromatic carbocycles. The van der Waals surface area contributed by atoms with Crippen molar-refractivity contribution in [2.45, 2.75) is 12.5 Å². The van der Waals surface area contributed by atoms with E-state index in [2.05, 4.69) is 4.98 Å². The minimum atomic E-state index is -1.40. The van der Waals surface area contributed by atoms with Crippen LogP contribution in [0.1, 0.15) is 17.5 Å². The highest BCUT2D eigenvalue weighted by Crippen LogP contribution is 2.42. The topological polar surface area (TPSA) is 87.3 Å². The van der Waals surface area contributed by atoms with Gasteiger partial charge in [0.25, 0.3) is 0 Å². The largest absolute Gasteiger partial charge is 0.497 e. The fourth-order valence-electron chi connectivity index (χ4n) is 3.44. The molecule has 4 aromatic rings. The van der Waals surface area contributed by atoms with Gasteiger partial charge in [0.1, 0.15) is 16.5 Å². The van der Waals surface area contributed by atoms with E-state index in [1.807, 2.05) is 48.5 Å². The molecule has 0 amide bonds. The van der Waals surface area contributed by atoms with Crippen LogP contribution in [0.25, 0.3) is 21.7 Å². The van der Waals surface area contributed by atoms with Crippen molar-refractivity contribution < 1.29 is 14.3 Å². The third kappa shape index (κ3) is 3.88. The predicted octanol–water partition coefficient (Wildman–Crippen LogP) is 4.68. The van der Waals surface area contributed by atoms with Crippen LogP contribution in [-0.2, 0) is 10.3 Å². The van der Waals surface area contributed by atoms with Gasteiger partial charge in [0.2, 0.25) is 0 Å². The Labute approximate surface area is 190 Å². The maximum absolute atomic E-state index is 12.8. The number of carbonyl (C=O) groups excluding carboxylic acids is 1. The maximum Gasteiger partial charge on any atom is 0.161 e. The van der Waals surface area contributed by atoms with Gasteiger partial charge in [0.15, 0.2) is 11.3 Å². The van der Waals surface area contributed by atoms with Crippen molar-refractivity contribution in [3.8, 4) is 33.2 Å². The summed E-state index contributed by atoms with van der Waals surface area (Å²) in [6, 6.07) is 19.0. The molecule has 0 aliphatic heterocycles. The van der Waals surface area contributed by atoms with Crippen LogP contribution in [0.3, 0.4) is 0 Å². The summed E-state index contributed by atoms with van der Waals surface area (Å²) in [4.78, 5) is 22.8. The summed E-state index contributed by atoms with van der Waals surface area (Å²) in [5.41, 5.74) is 8.54. The molecule has 2 aromatic heterocycles. The molecule has 0 fully saturated rings. The van der Waals surface area contributed by atoms with Crippen LogP contribution >= 0.6 is 11.3 Å². The average Bonchev–Trinajstić information content (AvgIpc) is 3.30. The monoisotopic (exact) mass is 445 g/mol. The minimum absolute atomic E-state index is 0.207. The molecule has 1 unspecified atom stereocenters. The van der Waals surface area contributed by atoms with Crippen molar-refractivity contribution in [3.63, 3.8) is 0 Å². The first-order valence-electron chi connectivity index (χ1n) is 9.98. The second-order valence-corrected chi connectivity index (χ2v) is 8.26. The lowest BCUT2D eigenvalue weighted by Gasteiger charge is -2.24. The van der Waals surface area contributed by atoms with Gasteiger partial charge in [0, 0.05) is 23.5 Å². The number of carbonyl (C=O) groups is 1. The molecular formula is C25H23N3O3S. The van der Waals surface area contributed by atoms with E-state index in [1.54, 1.807) is 38.7 Å². The van der Waals surface area contributed by atoms with Gasteiger partial charge >= 0.3 is 0 Å². The number of benzene rings is 2.